The Morgan fingerprint density at radius 3 is 2.62 bits per heavy atom. The van der Waals surface area contributed by atoms with Gasteiger partial charge >= 0.3 is 0 Å². The highest BCUT2D eigenvalue weighted by molar-refractivity contribution is 5.92. The number of carbonyl (C=O) groups excluding carboxylic acids is 2. The van der Waals surface area contributed by atoms with Gasteiger partial charge in [-0.1, -0.05) is 24.0 Å². The molecule has 1 aromatic carbocycles. The SMILES string of the molecule is CN1CCC(O)(C#Cc2cccc(-c3nc(C(N)=O)cc(N4CCC4=C4CC4)n3)c2)C1=O. The Kier molecular flexibility index (Phi) is 4.72. The summed E-state index contributed by atoms with van der Waals surface area (Å²) in [7, 11) is 1.64. The van der Waals surface area contributed by atoms with E-state index in [9.17, 15) is 14.7 Å². The molecule has 5 rings (SSSR count). The Bertz CT molecular complexity index is 1240. The minimum atomic E-state index is -1.66. The van der Waals surface area contributed by atoms with Gasteiger partial charge in [-0.2, -0.15) is 0 Å². The largest absolute Gasteiger partial charge is 0.369 e. The normalized spacial score (nSPS) is 21.9. The Morgan fingerprint density at radius 1 is 1.19 bits per heavy atom. The van der Waals surface area contributed by atoms with Gasteiger partial charge in [0.2, 0.25) is 5.60 Å². The molecule has 2 amide bonds. The van der Waals surface area contributed by atoms with Crippen LogP contribution in [0.25, 0.3) is 11.4 Å². The number of likely N-dealkylation sites (N-methyl/N-ethyl adjacent to an activating group) is 1. The number of nitrogens with zero attached hydrogens (tertiary/aromatic N) is 4. The van der Waals surface area contributed by atoms with Crippen LogP contribution in [0, 0.1) is 11.8 Å². The predicted molar refractivity (Wildman–Crippen MR) is 118 cm³/mol. The lowest BCUT2D eigenvalue weighted by Crippen LogP contribution is -2.37. The molecule has 3 aliphatic rings. The van der Waals surface area contributed by atoms with Crippen LogP contribution in [-0.2, 0) is 4.79 Å². The molecule has 162 valence electrons. The number of aromatic nitrogens is 2. The number of nitrogens with two attached hydrogens (primary N) is 1. The van der Waals surface area contributed by atoms with Crippen molar-refractivity contribution in [3.05, 3.63) is 52.9 Å². The van der Waals surface area contributed by atoms with Gasteiger partial charge in [0, 0.05) is 55.9 Å². The Hall–Kier alpha value is -3.70. The summed E-state index contributed by atoms with van der Waals surface area (Å²) in [6.07, 6.45) is 3.54. The van der Waals surface area contributed by atoms with Crippen molar-refractivity contribution in [2.24, 2.45) is 5.73 Å². The molecule has 2 aliphatic heterocycles. The third-order valence-corrected chi connectivity index (χ3v) is 6.09. The number of hydrogen-bond donors (Lipinski definition) is 2. The fourth-order valence-corrected chi connectivity index (χ4v) is 4.02. The van der Waals surface area contributed by atoms with Crippen LogP contribution in [0.3, 0.4) is 0 Å². The number of amides is 2. The third kappa shape index (κ3) is 3.61. The van der Waals surface area contributed by atoms with Crippen molar-refractivity contribution in [3.63, 3.8) is 0 Å². The summed E-state index contributed by atoms with van der Waals surface area (Å²) >= 11 is 0. The highest BCUT2D eigenvalue weighted by Gasteiger charge is 2.42. The summed E-state index contributed by atoms with van der Waals surface area (Å²) in [4.78, 5) is 36.7. The topological polar surface area (TPSA) is 113 Å². The molecule has 1 atom stereocenters. The summed E-state index contributed by atoms with van der Waals surface area (Å²) < 4.78 is 0. The van der Waals surface area contributed by atoms with Gasteiger partial charge in [-0.3, -0.25) is 9.59 Å². The van der Waals surface area contributed by atoms with E-state index in [2.05, 4.69) is 21.7 Å². The Balaban J connectivity index is 1.49. The molecule has 1 aromatic heterocycles. The number of rotatable bonds is 3. The van der Waals surface area contributed by atoms with Crippen LogP contribution in [-0.4, -0.2) is 57.5 Å². The van der Waals surface area contributed by atoms with E-state index in [0.29, 0.717) is 29.3 Å². The molecule has 1 aliphatic carbocycles. The van der Waals surface area contributed by atoms with Crippen LogP contribution >= 0.6 is 0 Å². The van der Waals surface area contributed by atoms with Crippen LogP contribution in [0.5, 0.6) is 0 Å². The van der Waals surface area contributed by atoms with E-state index in [4.69, 9.17) is 10.7 Å². The maximum absolute atomic E-state index is 12.2. The molecule has 2 aromatic rings. The van der Waals surface area contributed by atoms with Crippen LogP contribution in [0.2, 0.25) is 0 Å². The standard InChI is InChI=1S/C24H23N5O3/c1-28-12-10-24(32,23(28)31)9-7-15-3-2-4-17(13-15)22-26-18(21(25)30)14-20(27-22)29-11-8-19(29)16-5-6-16/h2-4,13-14,32H,5-6,8,10-12H2,1H3,(H2,25,30). The minimum Gasteiger partial charge on any atom is -0.369 e. The van der Waals surface area contributed by atoms with Gasteiger partial charge in [0.1, 0.15) is 11.5 Å². The van der Waals surface area contributed by atoms with E-state index in [0.717, 1.165) is 25.8 Å². The smallest absolute Gasteiger partial charge is 0.267 e. The number of benzene rings is 1. The zero-order valence-corrected chi connectivity index (χ0v) is 17.8. The lowest BCUT2D eigenvalue weighted by Gasteiger charge is -2.36. The number of likely N-dealkylation sites (tertiary alicyclic amines) is 1. The Labute approximate surface area is 185 Å². The summed E-state index contributed by atoms with van der Waals surface area (Å²) in [5.41, 5.74) is 8.03. The third-order valence-electron chi connectivity index (χ3n) is 6.09. The zero-order chi connectivity index (χ0) is 22.5. The van der Waals surface area contributed by atoms with Gasteiger partial charge in [-0.05, 0) is 30.5 Å². The molecule has 0 radical (unpaired) electrons. The number of anilines is 1. The lowest BCUT2D eigenvalue weighted by atomic mass is 10.0. The molecule has 8 heteroatoms. The first-order valence-electron chi connectivity index (χ1n) is 10.6. The average molecular weight is 429 g/mol. The van der Waals surface area contributed by atoms with Crippen LogP contribution in [0.1, 0.15) is 41.7 Å². The molecule has 3 heterocycles. The molecule has 0 bridgehead atoms. The van der Waals surface area contributed by atoms with E-state index in [1.165, 1.54) is 16.2 Å². The molecule has 32 heavy (non-hydrogen) atoms. The number of aliphatic hydroxyl groups is 1. The average Bonchev–Trinajstić information content (AvgIpc) is 3.55. The number of hydrogen-bond acceptors (Lipinski definition) is 6. The maximum atomic E-state index is 12.2. The van der Waals surface area contributed by atoms with E-state index in [1.54, 1.807) is 31.3 Å². The van der Waals surface area contributed by atoms with Gasteiger partial charge in [0.25, 0.3) is 11.8 Å². The molecule has 1 saturated carbocycles. The van der Waals surface area contributed by atoms with Crippen molar-refractivity contribution >= 4 is 17.6 Å². The highest BCUT2D eigenvalue weighted by Crippen LogP contribution is 2.41. The molecule has 0 spiro atoms. The Morgan fingerprint density at radius 2 is 2.00 bits per heavy atom. The number of primary amides is 1. The van der Waals surface area contributed by atoms with Crippen molar-refractivity contribution < 1.29 is 14.7 Å². The number of allylic oxidation sites excluding steroid dienone is 1. The van der Waals surface area contributed by atoms with Gasteiger partial charge in [-0.15, -0.1) is 0 Å². The fourth-order valence-electron chi connectivity index (χ4n) is 4.02. The molecular formula is C24H23N5O3. The predicted octanol–water partition coefficient (Wildman–Crippen LogP) is 1.45. The molecule has 3 fully saturated rings. The first kappa shape index (κ1) is 20.2. The monoisotopic (exact) mass is 429 g/mol. The zero-order valence-electron chi connectivity index (χ0n) is 17.8. The van der Waals surface area contributed by atoms with Crippen molar-refractivity contribution in [1.82, 2.24) is 14.9 Å². The van der Waals surface area contributed by atoms with Gasteiger partial charge in [-0.25, -0.2) is 9.97 Å². The van der Waals surface area contributed by atoms with Gasteiger partial charge in [0.15, 0.2) is 5.82 Å². The quantitative estimate of drug-likeness (QED) is 0.714. The first-order valence-corrected chi connectivity index (χ1v) is 10.6. The van der Waals surface area contributed by atoms with Crippen molar-refractivity contribution in [2.45, 2.75) is 31.3 Å². The maximum Gasteiger partial charge on any atom is 0.267 e. The molecule has 1 unspecified atom stereocenters. The van der Waals surface area contributed by atoms with Gasteiger partial charge < -0.3 is 20.6 Å². The summed E-state index contributed by atoms with van der Waals surface area (Å²) in [5.74, 6) is 5.66. The molecule has 8 nitrogen and oxygen atoms in total. The lowest BCUT2D eigenvalue weighted by molar-refractivity contribution is -0.137. The summed E-state index contributed by atoms with van der Waals surface area (Å²) in [5, 5.41) is 10.5. The van der Waals surface area contributed by atoms with E-state index < -0.39 is 17.4 Å². The van der Waals surface area contributed by atoms with E-state index in [1.807, 2.05) is 6.07 Å². The first-order chi connectivity index (χ1) is 15.3. The van der Waals surface area contributed by atoms with Crippen LogP contribution < -0.4 is 10.6 Å². The second-order valence-corrected chi connectivity index (χ2v) is 8.42. The van der Waals surface area contributed by atoms with Gasteiger partial charge in [0.05, 0.1) is 0 Å². The van der Waals surface area contributed by atoms with Crippen molar-refractivity contribution in [1.29, 1.82) is 0 Å². The van der Waals surface area contributed by atoms with Crippen LogP contribution in [0.15, 0.2) is 41.6 Å². The summed E-state index contributed by atoms with van der Waals surface area (Å²) in [6, 6.07) is 8.82. The molecule has 3 N–H and O–H groups in total. The molecule has 2 saturated heterocycles. The van der Waals surface area contributed by atoms with Crippen molar-refractivity contribution in [3.8, 4) is 23.2 Å². The molecular weight excluding hydrogens is 406 g/mol. The second-order valence-electron chi connectivity index (χ2n) is 8.42. The van der Waals surface area contributed by atoms with Crippen molar-refractivity contribution in [2.75, 3.05) is 25.0 Å². The fraction of sp³-hybridized carbons (Fsp3) is 0.333. The number of carbonyl (C=O) groups is 2. The summed E-state index contributed by atoms with van der Waals surface area (Å²) in [6.45, 7) is 1.31. The van der Waals surface area contributed by atoms with E-state index >= 15 is 0 Å². The highest BCUT2D eigenvalue weighted by atomic mass is 16.3. The minimum absolute atomic E-state index is 0.155. The van der Waals surface area contributed by atoms with Crippen LogP contribution in [0.4, 0.5) is 5.82 Å². The second kappa shape index (κ2) is 7.46. The van der Waals surface area contributed by atoms with E-state index in [-0.39, 0.29) is 12.1 Å².